The Morgan fingerprint density at radius 3 is 2.55 bits per heavy atom. The van der Waals surface area contributed by atoms with E-state index >= 15 is 0 Å². The number of hydrogen-bond donors (Lipinski definition) is 2. The summed E-state index contributed by atoms with van der Waals surface area (Å²) < 4.78 is 15.6. The van der Waals surface area contributed by atoms with Crippen LogP contribution in [0.5, 0.6) is 11.5 Å². The maximum Gasteiger partial charge on any atom is 0.241 e. The molecular weight excluding hydrogens is 260 g/mol. The molecule has 110 valence electrons. The number of ether oxygens (including phenoxy) is 3. The van der Waals surface area contributed by atoms with Gasteiger partial charge < -0.3 is 14.2 Å². The van der Waals surface area contributed by atoms with Crippen molar-refractivity contribution in [2.45, 2.75) is 19.9 Å². The Bertz CT molecular complexity index is 502. The normalized spacial score (nSPS) is 20.6. The fraction of sp³-hybridized carbons (Fsp3) is 0.500. The predicted molar refractivity (Wildman–Crippen MR) is 73.3 cm³/mol. The van der Waals surface area contributed by atoms with E-state index in [1.165, 1.54) is 0 Å². The van der Waals surface area contributed by atoms with E-state index in [4.69, 9.17) is 14.2 Å². The molecule has 1 fully saturated rings. The van der Waals surface area contributed by atoms with Gasteiger partial charge >= 0.3 is 0 Å². The molecule has 1 aliphatic heterocycles. The average Bonchev–Trinajstić information content (AvgIpc) is 2.71. The molecule has 0 spiro atoms. The summed E-state index contributed by atoms with van der Waals surface area (Å²) >= 11 is 0. The van der Waals surface area contributed by atoms with Gasteiger partial charge in [0.05, 0.1) is 18.6 Å². The van der Waals surface area contributed by atoms with Crippen molar-refractivity contribution >= 4 is 5.91 Å². The highest BCUT2D eigenvalue weighted by atomic mass is 16.7. The second-order valence-electron chi connectivity index (χ2n) is 5.21. The van der Waals surface area contributed by atoms with Crippen molar-refractivity contribution in [1.82, 2.24) is 10.9 Å². The molecule has 1 aromatic rings. The lowest BCUT2D eigenvalue weighted by Crippen LogP contribution is -2.28. The third-order valence-electron chi connectivity index (χ3n) is 3.49. The van der Waals surface area contributed by atoms with Gasteiger partial charge in [-0.05, 0) is 31.5 Å². The molecule has 6 heteroatoms. The van der Waals surface area contributed by atoms with Gasteiger partial charge in [0.25, 0.3) is 0 Å². The first-order valence-electron chi connectivity index (χ1n) is 6.36. The van der Waals surface area contributed by atoms with Crippen LogP contribution >= 0.6 is 0 Å². The quantitative estimate of drug-likeness (QED) is 0.798. The molecule has 1 atom stereocenters. The van der Waals surface area contributed by atoms with E-state index in [2.05, 4.69) is 10.9 Å². The van der Waals surface area contributed by atoms with Crippen molar-refractivity contribution in [3.8, 4) is 11.5 Å². The van der Waals surface area contributed by atoms with E-state index in [9.17, 15) is 4.79 Å². The van der Waals surface area contributed by atoms with E-state index in [0.717, 1.165) is 5.56 Å². The largest absolute Gasteiger partial charge is 0.493 e. The minimum absolute atomic E-state index is 0.0267. The van der Waals surface area contributed by atoms with Crippen LogP contribution in [0.25, 0.3) is 0 Å². The molecule has 2 N–H and O–H groups in total. The molecule has 1 aliphatic rings. The molecule has 20 heavy (non-hydrogen) atoms. The molecule has 6 nitrogen and oxygen atoms in total. The number of amides is 1. The first-order chi connectivity index (χ1) is 9.50. The van der Waals surface area contributed by atoms with Crippen LogP contribution in [-0.4, -0.2) is 26.9 Å². The summed E-state index contributed by atoms with van der Waals surface area (Å²) in [5, 5.41) is 0. The molecule has 0 aromatic heterocycles. The first kappa shape index (κ1) is 14.6. The predicted octanol–water partition coefficient (Wildman–Crippen LogP) is 1.38. The average molecular weight is 280 g/mol. The van der Waals surface area contributed by atoms with E-state index in [1.807, 2.05) is 32.0 Å². The molecule has 0 saturated carbocycles. The maximum atomic E-state index is 11.8. The number of carbonyl (C=O) groups excluding carboxylic acids is 1. The molecule has 1 amide bonds. The highest BCUT2D eigenvalue weighted by molar-refractivity contribution is 5.84. The molecule has 0 aliphatic carbocycles. The van der Waals surface area contributed by atoms with E-state index < -0.39 is 5.41 Å². The fourth-order valence-electron chi connectivity index (χ4n) is 2.22. The Morgan fingerprint density at radius 2 is 2.00 bits per heavy atom. The number of rotatable bonds is 5. The molecule has 0 bridgehead atoms. The van der Waals surface area contributed by atoms with Crippen LogP contribution in [0.3, 0.4) is 0 Å². The second-order valence-corrected chi connectivity index (χ2v) is 5.21. The standard InChI is InChI=1S/C14H20N2O4/c1-14(2)12(15-16-13(14)17)9-5-6-10(20-8-18-3)11(7-9)19-4/h5-7,12,15H,8H2,1-4H3,(H,16,17). The highest BCUT2D eigenvalue weighted by Gasteiger charge is 2.43. The smallest absolute Gasteiger partial charge is 0.241 e. The Labute approximate surface area is 118 Å². The van der Waals surface area contributed by atoms with E-state index in [1.54, 1.807) is 14.2 Å². The summed E-state index contributed by atoms with van der Waals surface area (Å²) in [5.74, 6) is 1.19. The van der Waals surface area contributed by atoms with Gasteiger partial charge in [-0.25, -0.2) is 5.43 Å². The number of hydrogen-bond acceptors (Lipinski definition) is 5. The fourth-order valence-corrected chi connectivity index (χ4v) is 2.22. The number of hydrazine groups is 1. The lowest BCUT2D eigenvalue weighted by Gasteiger charge is -2.24. The van der Waals surface area contributed by atoms with E-state index in [-0.39, 0.29) is 18.7 Å². The van der Waals surface area contributed by atoms with Gasteiger partial charge in [0.2, 0.25) is 5.91 Å². The van der Waals surface area contributed by atoms with Gasteiger partial charge in [0.1, 0.15) is 0 Å². The van der Waals surface area contributed by atoms with E-state index in [0.29, 0.717) is 11.5 Å². The lowest BCUT2D eigenvalue weighted by atomic mass is 9.81. The summed E-state index contributed by atoms with van der Waals surface area (Å²) in [7, 11) is 3.14. The lowest BCUT2D eigenvalue weighted by molar-refractivity contribution is -0.126. The molecule has 1 heterocycles. The third-order valence-corrected chi connectivity index (χ3v) is 3.49. The highest BCUT2D eigenvalue weighted by Crippen LogP contribution is 2.39. The van der Waals surface area contributed by atoms with Gasteiger partial charge in [-0.15, -0.1) is 0 Å². The Balaban J connectivity index is 2.28. The summed E-state index contributed by atoms with van der Waals surface area (Å²) in [6.45, 7) is 3.95. The molecule has 1 aromatic carbocycles. The van der Waals surface area contributed by atoms with Crippen LogP contribution < -0.4 is 20.3 Å². The van der Waals surface area contributed by atoms with Crippen LogP contribution in [0, 0.1) is 5.41 Å². The number of methoxy groups -OCH3 is 2. The minimum Gasteiger partial charge on any atom is -0.493 e. The number of carbonyl (C=O) groups is 1. The zero-order valence-electron chi connectivity index (χ0n) is 12.1. The molecule has 1 unspecified atom stereocenters. The zero-order valence-corrected chi connectivity index (χ0v) is 12.1. The van der Waals surface area contributed by atoms with Crippen LogP contribution in [0.15, 0.2) is 18.2 Å². The van der Waals surface area contributed by atoms with Gasteiger partial charge in [0.15, 0.2) is 18.3 Å². The Morgan fingerprint density at radius 1 is 1.25 bits per heavy atom. The topological polar surface area (TPSA) is 68.8 Å². The van der Waals surface area contributed by atoms with Crippen molar-refractivity contribution < 1.29 is 19.0 Å². The number of benzene rings is 1. The summed E-state index contributed by atoms with van der Waals surface area (Å²) in [5.41, 5.74) is 6.10. The molecule has 1 saturated heterocycles. The SMILES string of the molecule is COCOc1ccc(C2NNC(=O)C2(C)C)cc1OC. The van der Waals surface area contributed by atoms with Crippen LogP contribution in [0.4, 0.5) is 0 Å². The Hall–Kier alpha value is -1.79. The van der Waals surface area contributed by atoms with Crippen molar-refractivity contribution in [3.63, 3.8) is 0 Å². The molecular formula is C14H20N2O4. The van der Waals surface area contributed by atoms with Crippen molar-refractivity contribution in [3.05, 3.63) is 23.8 Å². The van der Waals surface area contributed by atoms with Crippen molar-refractivity contribution in [2.24, 2.45) is 5.41 Å². The van der Waals surface area contributed by atoms with Crippen LogP contribution in [0.1, 0.15) is 25.5 Å². The summed E-state index contributed by atoms with van der Waals surface area (Å²) in [6.07, 6.45) is 0. The van der Waals surface area contributed by atoms with Crippen LogP contribution in [-0.2, 0) is 9.53 Å². The third kappa shape index (κ3) is 2.57. The Kier molecular flexibility index (Phi) is 4.15. The molecule has 0 radical (unpaired) electrons. The second kappa shape index (κ2) is 5.68. The molecule has 2 rings (SSSR count). The zero-order chi connectivity index (χ0) is 14.8. The van der Waals surface area contributed by atoms with Crippen molar-refractivity contribution in [2.75, 3.05) is 21.0 Å². The monoisotopic (exact) mass is 280 g/mol. The minimum atomic E-state index is -0.528. The first-order valence-corrected chi connectivity index (χ1v) is 6.36. The van der Waals surface area contributed by atoms with Gasteiger partial charge in [-0.2, -0.15) is 0 Å². The van der Waals surface area contributed by atoms with Crippen LogP contribution in [0.2, 0.25) is 0 Å². The van der Waals surface area contributed by atoms with Gasteiger partial charge in [0, 0.05) is 7.11 Å². The summed E-state index contributed by atoms with van der Waals surface area (Å²) in [6, 6.07) is 5.46. The maximum absolute atomic E-state index is 11.8. The van der Waals surface area contributed by atoms with Gasteiger partial charge in [-0.3, -0.25) is 10.2 Å². The summed E-state index contributed by atoms with van der Waals surface area (Å²) in [4.78, 5) is 11.8. The van der Waals surface area contributed by atoms with Gasteiger partial charge in [-0.1, -0.05) is 6.07 Å². The van der Waals surface area contributed by atoms with Crippen molar-refractivity contribution in [1.29, 1.82) is 0 Å². The number of nitrogens with one attached hydrogen (secondary N) is 2.